The highest BCUT2D eigenvalue weighted by atomic mass is 16.2. The number of likely N-dealkylation sites (tertiary alicyclic amines) is 1. The lowest BCUT2D eigenvalue weighted by molar-refractivity contribution is 0.165. The second kappa shape index (κ2) is 6.77. The smallest absolute Gasteiger partial charge is 0.317 e. The fourth-order valence-electron chi connectivity index (χ4n) is 2.84. The maximum absolute atomic E-state index is 11.8. The standard InChI is InChI=1S/C15H26N4O/c1-4-16-15(20)18-8-5-13(6-9-18)11-19-10-7-17-14(19)12(2)3/h7,10,12-13H,4-6,8-9,11H2,1-3H3,(H,16,20). The Morgan fingerprint density at radius 2 is 2.15 bits per heavy atom. The number of rotatable bonds is 4. The number of amides is 2. The molecule has 1 aliphatic rings. The fourth-order valence-corrected chi connectivity index (χ4v) is 2.84. The molecular formula is C15H26N4O. The van der Waals surface area contributed by atoms with Gasteiger partial charge in [-0.05, 0) is 25.7 Å². The van der Waals surface area contributed by atoms with Crippen LogP contribution >= 0.6 is 0 Å². The van der Waals surface area contributed by atoms with Crippen molar-refractivity contribution < 1.29 is 4.79 Å². The van der Waals surface area contributed by atoms with Crippen molar-refractivity contribution in [2.75, 3.05) is 19.6 Å². The third kappa shape index (κ3) is 3.52. The number of nitrogens with zero attached hydrogens (tertiary/aromatic N) is 3. The molecule has 112 valence electrons. The van der Waals surface area contributed by atoms with E-state index in [9.17, 15) is 4.79 Å². The van der Waals surface area contributed by atoms with Gasteiger partial charge >= 0.3 is 6.03 Å². The second-order valence-electron chi connectivity index (χ2n) is 5.86. The Bertz CT molecular complexity index is 433. The largest absolute Gasteiger partial charge is 0.338 e. The summed E-state index contributed by atoms with van der Waals surface area (Å²) in [5, 5.41) is 2.87. The zero-order chi connectivity index (χ0) is 14.5. The third-order valence-electron chi connectivity index (χ3n) is 3.95. The van der Waals surface area contributed by atoms with E-state index in [1.54, 1.807) is 0 Å². The van der Waals surface area contributed by atoms with Gasteiger partial charge in [-0.2, -0.15) is 0 Å². The molecule has 1 aromatic heterocycles. The summed E-state index contributed by atoms with van der Waals surface area (Å²) >= 11 is 0. The molecule has 0 aromatic carbocycles. The predicted molar refractivity (Wildman–Crippen MR) is 79.7 cm³/mol. The average Bonchev–Trinajstić information content (AvgIpc) is 2.88. The van der Waals surface area contributed by atoms with Crippen LogP contribution in [0.2, 0.25) is 0 Å². The van der Waals surface area contributed by atoms with E-state index in [1.807, 2.05) is 18.0 Å². The molecule has 5 nitrogen and oxygen atoms in total. The quantitative estimate of drug-likeness (QED) is 0.919. The van der Waals surface area contributed by atoms with Crippen LogP contribution in [0.5, 0.6) is 0 Å². The number of nitrogens with one attached hydrogen (secondary N) is 1. The van der Waals surface area contributed by atoms with Gasteiger partial charge in [0.2, 0.25) is 0 Å². The minimum absolute atomic E-state index is 0.0800. The molecule has 0 bridgehead atoms. The van der Waals surface area contributed by atoms with Gasteiger partial charge in [-0.25, -0.2) is 9.78 Å². The Morgan fingerprint density at radius 3 is 2.75 bits per heavy atom. The van der Waals surface area contributed by atoms with E-state index >= 15 is 0 Å². The molecule has 5 heteroatoms. The molecule has 0 unspecified atom stereocenters. The second-order valence-corrected chi connectivity index (χ2v) is 5.86. The van der Waals surface area contributed by atoms with Crippen LogP contribution in [-0.2, 0) is 6.54 Å². The fraction of sp³-hybridized carbons (Fsp3) is 0.733. The number of piperidine rings is 1. The van der Waals surface area contributed by atoms with Crippen LogP contribution in [-0.4, -0.2) is 40.1 Å². The molecule has 0 aliphatic carbocycles. The first kappa shape index (κ1) is 14.9. The molecule has 0 radical (unpaired) electrons. The average molecular weight is 278 g/mol. The molecule has 1 saturated heterocycles. The maximum Gasteiger partial charge on any atom is 0.317 e. The lowest BCUT2D eigenvalue weighted by Crippen LogP contribution is -2.44. The normalized spacial score (nSPS) is 16.7. The van der Waals surface area contributed by atoms with Crippen LogP contribution in [0.1, 0.15) is 45.4 Å². The van der Waals surface area contributed by atoms with Crippen LogP contribution in [0.15, 0.2) is 12.4 Å². The number of imidazole rings is 1. The monoisotopic (exact) mass is 278 g/mol. The van der Waals surface area contributed by atoms with Gasteiger partial charge in [0, 0.05) is 44.5 Å². The van der Waals surface area contributed by atoms with Crippen LogP contribution < -0.4 is 5.32 Å². The van der Waals surface area contributed by atoms with Crippen molar-refractivity contribution in [1.82, 2.24) is 19.8 Å². The lowest BCUT2D eigenvalue weighted by Gasteiger charge is -2.32. The Balaban J connectivity index is 1.85. The number of hydrogen-bond donors (Lipinski definition) is 1. The molecule has 0 atom stereocenters. The van der Waals surface area contributed by atoms with E-state index in [4.69, 9.17) is 0 Å². The molecule has 1 N–H and O–H groups in total. The van der Waals surface area contributed by atoms with E-state index in [-0.39, 0.29) is 6.03 Å². The van der Waals surface area contributed by atoms with Gasteiger partial charge in [0.25, 0.3) is 0 Å². The van der Waals surface area contributed by atoms with Gasteiger partial charge in [0.15, 0.2) is 0 Å². The minimum atomic E-state index is 0.0800. The molecule has 2 heterocycles. The van der Waals surface area contributed by atoms with E-state index in [0.717, 1.165) is 38.3 Å². The van der Waals surface area contributed by atoms with Gasteiger partial charge in [-0.15, -0.1) is 0 Å². The van der Waals surface area contributed by atoms with Crippen LogP contribution in [0, 0.1) is 5.92 Å². The van der Waals surface area contributed by atoms with E-state index in [2.05, 4.69) is 34.9 Å². The van der Waals surface area contributed by atoms with Crippen molar-refractivity contribution in [3.05, 3.63) is 18.2 Å². The molecular weight excluding hydrogens is 252 g/mol. The topological polar surface area (TPSA) is 50.2 Å². The van der Waals surface area contributed by atoms with E-state index in [0.29, 0.717) is 18.4 Å². The first-order chi connectivity index (χ1) is 9.61. The van der Waals surface area contributed by atoms with Crippen molar-refractivity contribution in [1.29, 1.82) is 0 Å². The van der Waals surface area contributed by atoms with Crippen molar-refractivity contribution in [2.24, 2.45) is 5.92 Å². The summed E-state index contributed by atoms with van der Waals surface area (Å²) in [6.07, 6.45) is 6.12. The number of urea groups is 1. The molecule has 0 saturated carbocycles. The Labute approximate surface area is 121 Å². The van der Waals surface area contributed by atoms with Gasteiger partial charge < -0.3 is 14.8 Å². The SMILES string of the molecule is CCNC(=O)N1CCC(Cn2ccnc2C(C)C)CC1. The van der Waals surface area contributed by atoms with Crippen molar-refractivity contribution in [3.8, 4) is 0 Å². The molecule has 1 fully saturated rings. The molecule has 2 rings (SSSR count). The first-order valence-electron chi connectivity index (χ1n) is 7.65. The number of aromatic nitrogens is 2. The summed E-state index contributed by atoms with van der Waals surface area (Å²) in [7, 11) is 0. The van der Waals surface area contributed by atoms with Crippen molar-refractivity contribution >= 4 is 6.03 Å². The highest BCUT2D eigenvalue weighted by Gasteiger charge is 2.23. The van der Waals surface area contributed by atoms with Crippen molar-refractivity contribution in [2.45, 2.75) is 46.1 Å². The van der Waals surface area contributed by atoms with Gasteiger partial charge in [-0.1, -0.05) is 13.8 Å². The summed E-state index contributed by atoms with van der Waals surface area (Å²) in [6.45, 7) is 9.76. The Hall–Kier alpha value is -1.52. The van der Waals surface area contributed by atoms with Crippen molar-refractivity contribution in [3.63, 3.8) is 0 Å². The Kier molecular flexibility index (Phi) is 5.04. The molecule has 1 aliphatic heterocycles. The molecule has 0 spiro atoms. The molecule has 20 heavy (non-hydrogen) atoms. The number of carbonyl (C=O) groups excluding carboxylic acids is 1. The number of carbonyl (C=O) groups is 1. The zero-order valence-electron chi connectivity index (χ0n) is 12.8. The zero-order valence-corrected chi connectivity index (χ0v) is 12.8. The summed E-state index contributed by atoms with van der Waals surface area (Å²) in [6, 6.07) is 0.0800. The highest BCUT2D eigenvalue weighted by molar-refractivity contribution is 5.74. The summed E-state index contributed by atoms with van der Waals surface area (Å²) in [4.78, 5) is 18.1. The predicted octanol–water partition coefficient (Wildman–Crippen LogP) is 2.45. The van der Waals surface area contributed by atoms with Gasteiger partial charge in [0.1, 0.15) is 5.82 Å². The van der Waals surface area contributed by atoms with Crippen LogP contribution in [0.25, 0.3) is 0 Å². The lowest BCUT2D eigenvalue weighted by atomic mass is 9.96. The Morgan fingerprint density at radius 1 is 1.45 bits per heavy atom. The van der Waals surface area contributed by atoms with Crippen LogP contribution in [0.3, 0.4) is 0 Å². The minimum Gasteiger partial charge on any atom is -0.338 e. The summed E-state index contributed by atoms with van der Waals surface area (Å²) in [5.41, 5.74) is 0. The third-order valence-corrected chi connectivity index (χ3v) is 3.95. The number of hydrogen-bond acceptors (Lipinski definition) is 2. The summed E-state index contributed by atoms with van der Waals surface area (Å²) < 4.78 is 2.27. The van der Waals surface area contributed by atoms with Crippen LogP contribution in [0.4, 0.5) is 4.79 Å². The molecule has 2 amide bonds. The van der Waals surface area contributed by atoms with Gasteiger partial charge in [-0.3, -0.25) is 0 Å². The maximum atomic E-state index is 11.8. The highest BCUT2D eigenvalue weighted by Crippen LogP contribution is 2.21. The van der Waals surface area contributed by atoms with E-state index in [1.165, 1.54) is 0 Å². The van der Waals surface area contributed by atoms with Gasteiger partial charge in [0.05, 0.1) is 0 Å². The molecule has 1 aromatic rings. The first-order valence-corrected chi connectivity index (χ1v) is 7.65. The van der Waals surface area contributed by atoms with E-state index < -0.39 is 0 Å². The summed E-state index contributed by atoms with van der Waals surface area (Å²) in [5.74, 6) is 2.27.